The van der Waals surface area contributed by atoms with Crippen LogP contribution in [0.1, 0.15) is 39.7 Å². The molecule has 126 valence electrons. The van der Waals surface area contributed by atoms with Gasteiger partial charge in [0, 0.05) is 18.7 Å². The minimum Gasteiger partial charge on any atom is -0.496 e. The van der Waals surface area contributed by atoms with E-state index in [1.807, 2.05) is 24.3 Å². The maximum atomic E-state index is 5.35. The van der Waals surface area contributed by atoms with Crippen LogP contribution in [0.15, 0.2) is 29.3 Å². The zero-order valence-corrected chi connectivity index (χ0v) is 16.7. The molecule has 0 unspecified atom stereocenters. The number of benzene rings is 1. The molecule has 1 aromatic carbocycles. The van der Waals surface area contributed by atoms with E-state index in [1.54, 1.807) is 7.11 Å². The standard InChI is InChI=1S/C17H29N3O.HI/c1-6-18-16(19-12-11-17(2,3)4)20-13-14-9-7-8-10-15(14)21-5;/h7-10H,6,11-13H2,1-5H3,(H2,18,19,20);1H. The number of methoxy groups -OCH3 is 1. The van der Waals surface area contributed by atoms with Gasteiger partial charge >= 0.3 is 0 Å². The van der Waals surface area contributed by atoms with Crippen LogP contribution in [0.2, 0.25) is 0 Å². The van der Waals surface area contributed by atoms with Crippen LogP contribution < -0.4 is 15.4 Å². The lowest BCUT2D eigenvalue weighted by Crippen LogP contribution is -2.38. The van der Waals surface area contributed by atoms with Gasteiger partial charge in [-0.2, -0.15) is 0 Å². The van der Waals surface area contributed by atoms with Crippen molar-refractivity contribution in [2.75, 3.05) is 20.2 Å². The molecule has 0 spiro atoms. The Morgan fingerprint density at radius 1 is 1.18 bits per heavy atom. The topological polar surface area (TPSA) is 45.7 Å². The number of hydrogen-bond donors (Lipinski definition) is 2. The SMILES string of the molecule is CCNC(=NCc1ccccc1OC)NCCC(C)(C)C.I. The molecule has 0 saturated carbocycles. The molecular formula is C17H30IN3O. The fourth-order valence-corrected chi connectivity index (χ4v) is 1.90. The van der Waals surface area contributed by atoms with Gasteiger partial charge in [0.1, 0.15) is 5.75 Å². The highest BCUT2D eigenvalue weighted by Gasteiger charge is 2.09. The van der Waals surface area contributed by atoms with Crippen LogP contribution in [-0.2, 0) is 6.54 Å². The summed E-state index contributed by atoms with van der Waals surface area (Å²) in [5.41, 5.74) is 1.42. The number of rotatable bonds is 6. The Labute approximate surface area is 152 Å². The summed E-state index contributed by atoms with van der Waals surface area (Å²) in [6.07, 6.45) is 1.10. The summed E-state index contributed by atoms with van der Waals surface area (Å²) in [6, 6.07) is 7.98. The Balaban J connectivity index is 0.00000441. The van der Waals surface area contributed by atoms with Crippen molar-refractivity contribution in [3.8, 4) is 5.75 Å². The summed E-state index contributed by atoms with van der Waals surface area (Å²) >= 11 is 0. The highest BCUT2D eigenvalue weighted by Crippen LogP contribution is 2.18. The Kier molecular flexibility index (Phi) is 10.2. The highest BCUT2D eigenvalue weighted by molar-refractivity contribution is 14.0. The van der Waals surface area contributed by atoms with Crippen molar-refractivity contribution >= 4 is 29.9 Å². The number of nitrogens with zero attached hydrogens (tertiary/aromatic N) is 1. The quantitative estimate of drug-likeness (QED) is 0.419. The monoisotopic (exact) mass is 419 g/mol. The van der Waals surface area contributed by atoms with Gasteiger partial charge in [-0.25, -0.2) is 4.99 Å². The second kappa shape index (κ2) is 10.7. The molecule has 0 bridgehead atoms. The van der Waals surface area contributed by atoms with E-state index in [-0.39, 0.29) is 24.0 Å². The van der Waals surface area contributed by atoms with E-state index in [1.165, 1.54) is 0 Å². The Morgan fingerprint density at radius 3 is 2.45 bits per heavy atom. The van der Waals surface area contributed by atoms with Gasteiger partial charge in [0.2, 0.25) is 0 Å². The zero-order valence-electron chi connectivity index (χ0n) is 14.4. The first-order valence-electron chi connectivity index (χ1n) is 7.60. The van der Waals surface area contributed by atoms with Crippen molar-refractivity contribution in [3.05, 3.63) is 29.8 Å². The molecule has 22 heavy (non-hydrogen) atoms. The molecular weight excluding hydrogens is 389 g/mol. The van der Waals surface area contributed by atoms with Gasteiger partial charge in [-0.1, -0.05) is 39.0 Å². The minimum atomic E-state index is 0. The molecule has 5 heteroatoms. The molecule has 1 aromatic rings. The molecule has 0 aliphatic heterocycles. The molecule has 2 N–H and O–H groups in total. The Morgan fingerprint density at radius 2 is 1.86 bits per heavy atom. The van der Waals surface area contributed by atoms with Crippen molar-refractivity contribution in [3.63, 3.8) is 0 Å². The summed E-state index contributed by atoms with van der Waals surface area (Å²) in [5, 5.41) is 6.66. The third-order valence-electron chi connectivity index (χ3n) is 3.11. The molecule has 1 rings (SSSR count). The fraction of sp³-hybridized carbons (Fsp3) is 0.588. The van der Waals surface area contributed by atoms with E-state index in [2.05, 4.69) is 43.3 Å². The van der Waals surface area contributed by atoms with Crippen molar-refractivity contribution in [2.45, 2.75) is 40.7 Å². The van der Waals surface area contributed by atoms with E-state index in [0.717, 1.165) is 36.8 Å². The number of guanidine groups is 1. The van der Waals surface area contributed by atoms with Crippen LogP contribution in [0.25, 0.3) is 0 Å². The summed E-state index contributed by atoms with van der Waals surface area (Å²) in [4.78, 5) is 4.63. The first-order chi connectivity index (χ1) is 9.96. The Bertz CT molecular complexity index is 455. The maximum Gasteiger partial charge on any atom is 0.191 e. The molecule has 0 saturated heterocycles. The van der Waals surface area contributed by atoms with Gasteiger partial charge in [0.05, 0.1) is 13.7 Å². The molecule has 0 aliphatic rings. The van der Waals surface area contributed by atoms with Gasteiger partial charge in [-0.15, -0.1) is 24.0 Å². The number of ether oxygens (including phenoxy) is 1. The molecule has 4 nitrogen and oxygen atoms in total. The third kappa shape index (κ3) is 8.46. The molecule has 0 atom stereocenters. The first-order valence-corrected chi connectivity index (χ1v) is 7.60. The lowest BCUT2D eigenvalue weighted by molar-refractivity contribution is 0.377. The van der Waals surface area contributed by atoms with Crippen LogP contribution in [0.3, 0.4) is 0 Å². The second-order valence-corrected chi connectivity index (χ2v) is 6.24. The molecule has 0 heterocycles. The lowest BCUT2D eigenvalue weighted by Gasteiger charge is -2.19. The molecule has 0 amide bonds. The fourth-order valence-electron chi connectivity index (χ4n) is 1.90. The van der Waals surface area contributed by atoms with Crippen molar-refractivity contribution < 1.29 is 4.74 Å². The van der Waals surface area contributed by atoms with Crippen LogP contribution >= 0.6 is 24.0 Å². The van der Waals surface area contributed by atoms with Gasteiger partial charge in [0.15, 0.2) is 5.96 Å². The van der Waals surface area contributed by atoms with Crippen molar-refractivity contribution in [1.82, 2.24) is 10.6 Å². The minimum absolute atomic E-state index is 0. The number of nitrogens with one attached hydrogen (secondary N) is 2. The van der Waals surface area contributed by atoms with Gasteiger partial charge in [-0.05, 0) is 24.8 Å². The normalized spacial score (nSPS) is 11.6. The van der Waals surface area contributed by atoms with E-state index < -0.39 is 0 Å². The van der Waals surface area contributed by atoms with Crippen LogP contribution in [-0.4, -0.2) is 26.2 Å². The zero-order chi connectivity index (χ0) is 15.7. The third-order valence-corrected chi connectivity index (χ3v) is 3.11. The smallest absolute Gasteiger partial charge is 0.191 e. The number of halogens is 1. The number of aliphatic imine (C=N–C) groups is 1. The van der Waals surface area contributed by atoms with Crippen molar-refractivity contribution in [1.29, 1.82) is 0 Å². The first kappa shape index (κ1) is 21.0. The molecule has 0 aromatic heterocycles. The average molecular weight is 419 g/mol. The summed E-state index contributed by atoms with van der Waals surface area (Å²) in [7, 11) is 1.69. The maximum absolute atomic E-state index is 5.35. The average Bonchev–Trinajstić information content (AvgIpc) is 2.43. The largest absolute Gasteiger partial charge is 0.496 e. The van der Waals surface area contributed by atoms with Gasteiger partial charge in [0.25, 0.3) is 0 Å². The summed E-state index contributed by atoms with van der Waals surface area (Å²) in [5.74, 6) is 1.74. The van der Waals surface area contributed by atoms with E-state index in [9.17, 15) is 0 Å². The van der Waals surface area contributed by atoms with Gasteiger partial charge in [-0.3, -0.25) is 0 Å². The molecule has 0 aliphatic carbocycles. The molecule has 0 fully saturated rings. The Hall–Kier alpha value is -0.980. The highest BCUT2D eigenvalue weighted by atomic mass is 127. The summed E-state index contributed by atoms with van der Waals surface area (Å²) in [6.45, 7) is 11.2. The number of para-hydroxylation sites is 1. The summed E-state index contributed by atoms with van der Waals surface area (Å²) < 4.78 is 5.35. The van der Waals surface area contributed by atoms with Crippen molar-refractivity contribution in [2.24, 2.45) is 10.4 Å². The van der Waals surface area contributed by atoms with Crippen LogP contribution in [0.5, 0.6) is 5.75 Å². The van der Waals surface area contributed by atoms with E-state index in [0.29, 0.717) is 12.0 Å². The predicted molar refractivity (Wildman–Crippen MR) is 105 cm³/mol. The van der Waals surface area contributed by atoms with E-state index >= 15 is 0 Å². The second-order valence-electron chi connectivity index (χ2n) is 6.24. The lowest BCUT2D eigenvalue weighted by atomic mass is 9.92. The molecule has 0 radical (unpaired) electrons. The predicted octanol–water partition coefficient (Wildman–Crippen LogP) is 3.80. The number of hydrogen-bond acceptors (Lipinski definition) is 2. The van der Waals surface area contributed by atoms with E-state index in [4.69, 9.17) is 4.74 Å². The van der Waals surface area contributed by atoms with Crippen LogP contribution in [0.4, 0.5) is 0 Å². The van der Waals surface area contributed by atoms with Gasteiger partial charge < -0.3 is 15.4 Å². The van der Waals surface area contributed by atoms with Crippen LogP contribution in [0, 0.1) is 5.41 Å².